The van der Waals surface area contributed by atoms with Crippen molar-refractivity contribution in [1.82, 2.24) is 20.4 Å². The smallest absolute Gasteiger partial charge is 0.869 e. The molecule has 5 N–H and O–H groups in total. The van der Waals surface area contributed by atoms with Gasteiger partial charge in [0, 0.05) is 27.8 Å². The first-order valence-corrected chi connectivity index (χ1v) is 14.9. The number of nitrogens with zero attached hydrogens (tertiary/aromatic N) is 4. The van der Waals surface area contributed by atoms with Gasteiger partial charge in [-0.1, -0.05) is 39.6 Å². The molecular formula is C25H16Cl2N6Na2O10S2. The summed E-state index contributed by atoms with van der Waals surface area (Å²) in [6.45, 7) is -0.955. The fourth-order valence-corrected chi connectivity index (χ4v) is 6.49. The van der Waals surface area contributed by atoms with Crippen LogP contribution in [0.4, 0.5) is 5.13 Å². The maximum Gasteiger partial charge on any atom is 1.00 e. The number of aliphatic carboxylic acids is 2. The molecule has 2 aliphatic heterocycles. The molecule has 2 amide bonds. The van der Waals surface area contributed by atoms with Crippen molar-refractivity contribution >= 4 is 87.0 Å². The van der Waals surface area contributed by atoms with Crippen LogP contribution in [0.5, 0.6) is 11.5 Å². The van der Waals surface area contributed by atoms with Crippen molar-refractivity contribution in [2.75, 3.05) is 18.1 Å². The van der Waals surface area contributed by atoms with E-state index in [1.807, 2.05) is 0 Å². The van der Waals surface area contributed by atoms with Crippen LogP contribution in [0.3, 0.4) is 0 Å². The summed E-state index contributed by atoms with van der Waals surface area (Å²) in [4.78, 5) is 58.6. The standard InChI is InChI=1S/C25H18Cl2N6O10S2.2Na/c26-11-4-10(15(27)20(37)19(11)36)12-3-9(43-31-12)2-1-8-6-44-23-17(22(39)33(23)18(8)24(40)41)30-21(38)16(32-42-5-14(34)35)13-7-45-25(28)29-13;;/h1-4,7,17,23,36-37H,5-6H2,(H2,28,29)(H,30,38)(H,34,35)(H,40,41);;/q;2*+1/p-2/b2-1+,32-16+;;/t17-,23-;;/m1../s1. The number of aromatic nitrogens is 2. The van der Waals surface area contributed by atoms with Gasteiger partial charge in [0.25, 0.3) is 11.8 Å². The van der Waals surface area contributed by atoms with Crippen molar-refractivity contribution in [3.05, 3.63) is 56.4 Å². The van der Waals surface area contributed by atoms with Crippen molar-refractivity contribution in [2.24, 2.45) is 5.16 Å². The number of aromatic hydroxyl groups is 1. The Morgan fingerprint density at radius 2 is 2.00 bits per heavy atom. The summed E-state index contributed by atoms with van der Waals surface area (Å²) >= 11 is 14.0. The number of hydrogen-bond donors (Lipinski definition) is 4. The molecule has 22 heteroatoms. The van der Waals surface area contributed by atoms with Crippen LogP contribution in [0.2, 0.25) is 10.0 Å². The summed E-state index contributed by atoms with van der Waals surface area (Å²) in [6, 6.07) is 1.46. The first-order chi connectivity index (χ1) is 21.4. The van der Waals surface area contributed by atoms with Crippen LogP contribution >= 0.6 is 46.3 Å². The van der Waals surface area contributed by atoms with Gasteiger partial charge >= 0.3 is 65.1 Å². The number of oxime groups is 1. The maximum absolute atomic E-state index is 13.1. The number of thioether (sulfide) groups is 1. The average molecular weight is 741 g/mol. The quantitative estimate of drug-likeness (QED) is 0.0655. The number of benzene rings is 1. The number of β-lactam (4-membered cyclic amide) rings is 1. The summed E-state index contributed by atoms with van der Waals surface area (Å²) in [5, 5.41) is 52.2. The third-order valence-electron chi connectivity index (χ3n) is 6.21. The van der Waals surface area contributed by atoms with Gasteiger partial charge in [-0.25, -0.2) is 9.78 Å². The van der Waals surface area contributed by atoms with Gasteiger partial charge in [-0.05, 0) is 23.5 Å². The first-order valence-electron chi connectivity index (χ1n) is 12.2. The average Bonchev–Trinajstić information content (AvgIpc) is 3.65. The minimum atomic E-state index is -1.59. The van der Waals surface area contributed by atoms with E-state index in [-0.39, 0.29) is 114 Å². The van der Waals surface area contributed by atoms with Crippen LogP contribution in [0.25, 0.3) is 17.3 Å². The van der Waals surface area contributed by atoms with E-state index in [0.717, 1.165) is 28.0 Å². The Balaban J connectivity index is 0.00000300. The number of carboxylic acids is 2. The van der Waals surface area contributed by atoms with E-state index in [2.05, 4.69) is 25.5 Å². The zero-order chi connectivity index (χ0) is 32.6. The Morgan fingerprint density at radius 3 is 2.64 bits per heavy atom. The molecule has 5 rings (SSSR count). The molecule has 2 aromatic heterocycles. The van der Waals surface area contributed by atoms with Crippen molar-refractivity contribution in [3.63, 3.8) is 0 Å². The number of nitrogens with one attached hydrogen (secondary N) is 1. The fourth-order valence-electron chi connectivity index (χ4n) is 4.19. The second kappa shape index (κ2) is 16.1. The number of amides is 2. The van der Waals surface area contributed by atoms with Gasteiger partial charge in [0.15, 0.2) is 23.2 Å². The van der Waals surface area contributed by atoms with Crippen LogP contribution in [0.15, 0.2) is 44.5 Å². The molecule has 1 fully saturated rings. The van der Waals surface area contributed by atoms with Crippen LogP contribution < -0.4 is 80.4 Å². The largest absolute Gasteiger partial charge is 1.00 e. The number of allylic oxidation sites excluding steroid dienone is 1. The summed E-state index contributed by atoms with van der Waals surface area (Å²) in [7, 11) is 0. The van der Waals surface area contributed by atoms with Gasteiger partial charge in [0.05, 0.1) is 11.0 Å². The molecule has 1 saturated heterocycles. The maximum atomic E-state index is 13.1. The normalized spacial score (nSPS) is 17.4. The van der Waals surface area contributed by atoms with Crippen molar-refractivity contribution < 1.29 is 108 Å². The van der Waals surface area contributed by atoms with Crippen LogP contribution in [0.1, 0.15) is 11.5 Å². The Morgan fingerprint density at radius 1 is 1.28 bits per heavy atom. The van der Waals surface area contributed by atoms with Crippen molar-refractivity contribution in [1.29, 1.82) is 0 Å². The van der Waals surface area contributed by atoms with E-state index < -0.39 is 59.0 Å². The molecule has 234 valence electrons. The van der Waals surface area contributed by atoms with Gasteiger partial charge in [-0.2, -0.15) is 0 Å². The summed E-state index contributed by atoms with van der Waals surface area (Å²) < 4.78 is 5.24. The van der Waals surface area contributed by atoms with E-state index >= 15 is 0 Å². The van der Waals surface area contributed by atoms with Gasteiger partial charge in [-0.15, -0.1) is 23.1 Å². The summed E-state index contributed by atoms with van der Waals surface area (Å²) in [5.74, 6) is -6.01. The van der Waals surface area contributed by atoms with E-state index in [9.17, 15) is 39.6 Å². The molecule has 1 aromatic carbocycles. The third-order valence-corrected chi connectivity index (χ3v) is 8.84. The zero-order valence-corrected chi connectivity index (χ0v) is 31.2. The van der Waals surface area contributed by atoms with Gasteiger partial charge < -0.3 is 45.6 Å². The fraction of sp³-hybridized carbons (Fsp3) is 0.160. The summed E-state index contributed by atoms with van der Waals surface area (Å²) in [6.07, 6.45) is 2.81. The predicted octanol–water partition coefficient (Wildman–Crippen LogP) is -5.60. The second-order valence-electron chi connectivity index (χ2n) is 9.04. The molecule has 47 heavy (non-hydrogen) atoms. The van der Waals surface area contributed by atoms with Gasteiger partial charge in [0.2, 0.25) is 0 Å². The molecule has 2 atom stereocenters. The Kier molecular flexibility index (Phi) is 13.2. The Hall–Kier alpha value is -2.78. The minimum Gasteiger partial charge on any atom is -0.869 e. The van der Waals surface area contributed by atoms with E-state index in [1.54, 1.807) is 0 Å². The monoisotopic (exact) mass is 740 g/mol. The summed E-state index contributed by atoms with van der Waals surface area (Å²) in [5.41, 5.74) is 5.30. The van der Waals surface area contributed by atoms with E-state index in [0.29, 0.717) is 0 Å². The topological polar surface area (TPSA) is 257 Å². The number of anilines is 1. The van der Waals surface area contributed by atoms with E-state index in [4.69, 9.17) is 33.5 Å². The van der Waals surface area contributed by atoms with Crippen LogP contribution in [-0.4, -0.2) is 78.5 Å². The molecular weight excluding hydrogens is 725 g/mol. The number of carboxylic acid groups (broad SMARTS) is 2. The molecule has 3 aromatic rings. The van der Waals surface area contributed by atoms with E-state index in [1.165, 1.54) is 29.7 Å². The number of nitrogen functional groups attached to an aromatic ring is 1. The van der Waals surface area contributed by atoms with Crippen molar-refractivity contribution in [3.8, 4) is 22.8 Å². The number of nitrogens with two attached hydrogens (primary N) is 1. The number of phenolic OH excluding ortho intramolecular Hbond substituents is 1. The number of hydrogen-bond acceptors (Lipinski definition) is 15. The molecule has 0 saturated carbocycles. The molecule has 4 heterocycles. The number of phenols is 1. The van der Waals surface area contributed by atoms with Gasteiger partial charge in [0.1, 0.15) is 34.3 Å². The molecule has 0 spiro atoms. The first kappa shape index (κ1) is 38.7. The zero-order valence-electron chi connectivity index (χ0n) is 24.1. The molecule has 2 aliphatic rings. The third kappa shape index (κ3) is 8.10. The molecule has 0 unspecified atom stereocenters. The number of halogens is 2. The number of rotatable bonds is 10. The minimum absolute atomic E-state index is 0. The molecule has 0 aliphatic carbocycles. The Labute approximate surface area is 326 Å². The number of thiazole rings is 1. The van der Waals surface area contributed by atoms with Crippen LogP contribution in [0, 0.1) is 0 Å². The number of carbonyl (C=O) groups excluding carboxylic acids is 3. The number of carbonyl (C=O) groups is 4. The Bertz CT molecular complexity index is 1850. The molecule has 0 radical (unpaired) electrons. The molecule has 0 bridgehead atoms. The second-order valence-corrected chi connectivity index (χ2v) is 11.8. The number of fused-ring (bicyclic) bond motifs is 1. The van der Waals surface area contributed by atoms with Gasteiger partial charge in [-0.3, -0.25) is 14.5 Å². The van der Waals surface area contributed by atoms with Crippen molar-refractivity contribution in [2.45, 2.75) is 11.4 Å². The predicted molar refractivity (Wildman–Crippen MR) is 156 cm³/mol. The SMILES string of the molecule is Nc1nc(/C(=N\OCC(=O)[O-])C(=O)N[C@@H]2C(=O)N3C(C(=O)O)=C(/C=C/c4cc(-c5cc(Cl)c([O-])c(O)c5Cl)no4)CS[C@H]23)cs1.[Na+].[Na+]. The van der Waals surface area contributed by atoms with Crippen LogP contribution in [-0.2, 0) is 24.0 Å². The molecule has 16 nitrogen and oxygen atoms in total.